The molecule has 5 nitrogen and oxygen atoms in total. The van der Waals surface area contributed by atoms with Gasteiger partial charge in [-0.3, -0.25) is 9.62 Å². The van der Waals surface area contributed by atoms with Gasteiger partial charge < -0.3 is 4.74 Å². The van der Waals surface area contributed by atoms with E-state index in [0.29, 0.717) is 50.5 Å². The van der Waals surface area contributed by atoms with Gasteiger partial charge in [0.05, 0.1) is 22.8 Å². The van der Waals surface area contributed by atoms with Crippen LogP contribution in [0.4, 0.5) is 18.9 Å². The number of rotatable bonds is 13. The number of benzene rings is 3. The molecule has 1 aliphatic rings. The van der Waals surface area contributed by atoms with E-state index in [-0.39, 0.29) is 4.90 Å². The third kappa shape index (κ3) is 8.36. The lowest BCUT2D eigenvalue weighted by atomic mass is 9.99. The van der Waals surface area contributed by atoms with Gasteiger partial charge in [0, 0.05) is 19.6 Å². The van der Waals surface area contributed by atoms with Crippen LogP contribution in [0.3, 0.4) is 0 Å². The normalized spacial score (nSPS) is 14.0. The van der Waals surface area contributed by atoms with E-state index in [1.165, 1.54) is 18.6 Å². The number of unbranched alkanes of at least 4 members (excludes halogenated alkanes) is 3. The number of anilines is 1. The number of nitrogens with zero attached hydrogens (tertiary/aromatic N) is 1. The highest BCUT2D eigenvalue weighted by molar-refractivity contribution is 7.92. The van der Waals surface area contributed by atoms with Crippen LogP contribution in [0, 0.1) is 0 Å². The third-order valence-electron chi connectivity index (χ3n) is 7.22. The molecule has 9 heteroatoms. The molecule has 0 spiro atoms. The maximum Gasteiger partial charge on any atom is 0.416 e. The lowest BCUT2D eigenvalue weighted by Crippen LogP contribution is -2.30. The predicted molar refractivity (Wildman–Crippen MR) is 156 cm³/mol. The molecule has 0 saturated heterocycles. The maximum absolute atomic E-state index is 13.3. The molecule has 4 rings (SSSR count). The number of hydrogen-bond donors (Lipinski definition) is 1. The van der Waals surface area contributed by atoms with Crippen LogP contribution in [0.5, 0.6) is 5.75 Å². The van der Waals surface area contributed by atoms with E-state index < -0.39 is 21.8 Å². The molecule has 220 valence electrons. The first kappa shape index (κ1) is 30.7. The predicted octanol–water partition coefficient (Wildman–Crippen LogP) is 7.75. The lowest BCUT2D eigenvalue weighted by Gasteiger charge is -2.29. The largest absolute Gasteiger partial charge is 0.494 e. The van der Waals surface area contributed by atoms with E-state index in [1.807, 2.05) is 12.1 Å². The second-order valence-corrected chi connectivity index (χ2v) is 12.1. The molecular weight excluding hydrogens is 549 g/mol. The van der Waals surface area contributed by atoms with E-state index in [2.05, 4.69) is 23.1 Å². The monoisotopic (exact) mass is 586 g/mol. The first-order chi connectivity index (χ1) is 19.6. The Labute approximate surface area is 241 Å². The topological polar surface area (TPSA) is 58.6 Å². The Kier molecular flexibility index (Phi) is 10.1. The molecule has 1 heterocycles. The molecule has 0 radical (unpaired) electrons. The van der Waals surface area contributed by atoms with Gasteiger partial charge in [-0.2, -0.15) is 13.2 Å². The molecule has 41 heavy (non-hydrogen) atoms. The fourth-order valence-electron chi connectivity index (χ4n) is 4.95. The minimum atomic E-state index is -4.35. The molecule has 0 unspecified atom stereocenters. The molecule has 1 aliphatic heterocycles. The molecule has 1 N–H and O–H groups in total. The van der Waals surface area contributed by atoms with Crippen LogP contribution in [0.1, 0.15) is 60.4 Å². The lowest BCUT2D eigenvalue weighted by molar-refractivity contribution is -0.137. The number of halogens is 3. The average molecular weight is 587 g/mol. The SMILES string of the molecule is C=CCc1cc(OCCCCCC)ccc1NS(=O)(=O)c1ccc2c(c1)CCN(Cc1ccc(C(F)(F)F)cc1)C2. The number of alkyl halides is 3. The highest BCUT2D eigenvalue weighted by atomic mass is 32.2. The number of allylic oxidation sites excluding steroid dienone is 1. The van der Waals surface area contributed by atoms with E-state index >= 15 is 0 Å². The summed E-state index contributed by atoms with van der Waals surface area (Å²) in [5.41, 5.74) is 3.37. The van der Waals surface area contributed by atoms with Crippen molar-refractivity contribution in [3.05, 3.63) is 101 Å². The van der Waals surface area contributed by atoms with E-state index in [9.17, 15) is 21.6 Å². The van der Waals surface area contributed by atoms with Crippen molar-refractivity contribution < 1.29 is 26.3 Å². The second-order valence-electron chi connectivity index (χ2n) is 10.4. The maximum atomic E-state index is 13.3. The smallest absolute Gasteiger partial charge is 0.416 e. The van der Waals surface area contributed by atoms with E-state index in [4.69, 9.17) is 4.74 Å². The molecule has 3 aromatic rings. The van der Waals surface area contributed by atoms with Crippen LogP contribution in [0.2, 0.25) is 0 Å². The molecule has 0 aromatic heterocycles. The Morgan fingerprint density at radius 1 is 1.00 bits per heavy atom. The van der Waals surface area contributed by atoms with Crippen molar-refractivity contribution in [1.29, 1.82) is 0 Å². The van der Waals surface area contributed by atoms with Gasteiger partial charge in [-0.25, -0.2) is 8.42 Å². The molecule has 0 aliphatic carbocycles. The van der Waals surface area contributed by atoms with Crippen molar-refractivity contribution in [2.75, 3.05) is 17.9 Å². The minimum absolute atomic E-state index is 0.188. The van der Waals surface area contributed by atoms with Gasteiger partial charge in [0.1, 0.15) is 5.75 Å². The molecule has 0 atom stereocenters. The quantitative estimate of drug-likeness (QED) is 0.164. The van der Waals surface area contributed by atoms with Gasteiger partial charge >= 0.3 is 6.18 Å². The minimum Gasteiger partial charge on any atom is -0.494 e. The van der Waals surface area contributed by atoms with Crippen molar-refractivity contribution in [2.24, 2.45) is 0 Å². The van der Waals surface area contributed by atoms with Gasteiger partial charge in [-0.1, -0.05) is 50.5 Å². The standard InChI is InChI=1S/C32H37F3N2O3S/c1-3-5-6-7-19-40-29-14-16-31(26(20-29)8-4-2)36-41(38,39)30-15-11-27-23-37(18-17-25(27)21-30)22-24-9-12-28(13-10-24)32(33,34)35/h4,9-16,20-21,36H,2-3,5-8,17-19,22-23H2,1H3. The zero-order valence-electron chi connectivity index (χ0n) is 23.3. The van der Waals surface area contributed by atoms with Crippen molar-refractivity contribution in [1.82, 2.24) is 4.90 Å². The summed E-state index contributed by atoms with van der Waals surface area (Å²) in [7, 11) is -3.84. The summed E-state index contributed by atoms with van der Waals surface area (Å²) < 4.78 is 73.9. The Balaban J connectivity index is 1.41. The Hall–Kier alpha value is -3.30. The highest BCUT2D eigenvalue weighted by Gasteiger charge is 2.30. The van der Waals surface area contributed by atoms with Crippen LogP contribution in [-0.2, 0) is 42.1 Å². The zero-order chi connectivity index (χ0) is 29.5. The van der Waals surface area contributed by atoms with Gasteiger partial charge in [-0.15, -0.1) is 6.58 Å². The van der Waals surface area contributed by atoms with Crippen LogP contribution >= 0.6 is 0 Å². The Morgan fingerprint density at radius 2 is 1.78 bits per heavy atom. The van der Waals surface area contributed by atoms with Crippen molar-refractivity contribution in [3.63, 3.8) is 0 Å². The Bertz CT molecular complexity index is 1440. The number of ether oxygens (including phenoxy) is 1. The highest BCUT2D eigenvalue weighted by Crippen LogP contribution is 2.31. The number of hydrogen-bond acceptors (Lipinski definition) is 4. The molecule has 3 aromatic carbocycles. The average Bonchev–Trinajstić information content (AvgIpc) is 2.94. The van der Waals surface area contributed by atoms with Crippen molar-refractivity contribution in [3.8, 4) is 5.75 Å². The fourth-order valence-corrected chi connectivity index (χ4v) is 6.10. The van der Waals surface area contributed by atoms with Gasteiger partial charge in [0.2, 0.25) is 0 Å². The summed E-state index contributed by atoms with van der Waals surface area (Å²) >= 11 is 0. The zero-order valence-corrected chi connectivity index (χ0v) is 24.2. The van der Waals surface area contributed by atoms with E-state index in [0.717, 1.165) is 53.6 Å². The third-order valence-corrected chi connectivity index (χ3v) is 8.58. The summed E-state index contributed by atoms with van der Waals surface area (Å²) in [6.45, 7) is 8.37. The first-order valence-corrected chi connectivity index (χ1v) is 15.5. The summed E-state index contributed by atoms with van der Waals surface area (Å²) in [6, 6.07) is 15.7. The fraction of sp³-hybridized carbons (Fsp3) is 0.375. The summed E-state index contributed by atoms with van der Waals surface area (Å²) in [4.78, 5) is 2.33. The summed E-state index contributed by atoms with van der Waals surface area (Å²) in [5, 5.41) is 0. The Morgan fingerprint density at radius 3 is 2.49 bits per heavy atom. The van der Waals surface area contributed by atoms with Crippen molar-refractivity contribution >= 4 is 15.7 Å². The molecule has 0 fully saturated rings. The summed E-state index contributed by atoms with van der Waals surface area (Å²) in [5.74, 6) is 0.705. The van der Waals surface area contributed by atoms with E-state index in [1.54, 1.807) is 30.3 Å². The summed E-state index contributed by atoms with van der Waals surface area (Å²) in [6.07, 6.45) is 2.94. The van der Waals surface area contributed by atoms with Crippen LogP contribution in [0.25, 0.3) is 0 Å². The van der Waals surface area contributed by atoms with Crippen LogP contribution in [0.15, 0.2) is 78.2 Å². The van der Waals surface area contributed by atoms with Crippen LogP contribution in [-0.4, -0.2) is 26.5 Å². The molecule has 0 amide bonds. The van der Waals surface area contributed by atoms with Crippen molar-refractivity contribution in [2.45, 2.75) is 69.6 Å². The first-order valence-electron chi connectivity index (χ1n) is 14.0. The number of sulfonamides is 1. The van der Waals surface area contributed by atoms with Gasteiger partial charge in [0.15, 0.2) is 0 Å². The van der Waals surface area contributed by atoms with Gasteiger partial charge in [-0.05, 0) is 84.0 Å². The number of nitrogens with one attached hydrogen (secondary N) is 1. The second kappa shape index (κ2) is 13.6. The molecule has 0 saturated carbocycles. The molecule has 0 bridgehead atoms. The molecular formula is C32H37F3N2O3S. The number of fused-ring (bicyclic) bond motifs is 1. The van der Waals surface area contributed by atoms with Crippen LogP contribution < -0.4 is 9.46 Å². The van der Waals surface area contributed by atoms with Gasteiger partial charge in [0.25, 0.3) is 10.0 Å².